The van der Waals surface area contributed by atoms with Crippen LogP contribution in [0.3, 0.4) is 0 Å². The van der Waals surface area contributed by atoms with Crippen LogP contribution in [-0.2, 0) is 6.42 Å². The Bertz CT molecular complexity index is 445. The van der Waals surface area contributed by atoms with Crippen molar-refractivity contribution < 1.29 is 5.11 Å². The minimum Gasteiger partial charge on any atom is -0.508 e. The number of nitrogens with zero attached hydrogens (tertiary/aromatic N) is 2. The first-order valence-corrected chi connectivity index (χ1v) is 7.75. The third-order valence-electron chi connectivity index (χ3n) is 4.37. The SMILES string of the molecule is CCN(C(C)CN(C)C)C1CCCc2ccc(O)cc21. The number of hydrogen-bond acceptors (Lipinski definition) is 3. The van der Waals surface area contributed by atoms with Crippen LogP contribution in [0.2, 0.25) is 0 Å². The van der Waals surface area contributed by atoms with Crippen LogP contribution < -0.4 is 0 Å². The molecular weight excluding hydrogens is 248 g/mol. The molecule has 1 aliphatic carbocycles. The highest BCUT2D eigenvalue weighted by atomic mass is 16.3. The predicted molar refractivity (Wildman–Crippen MR) is 84.2 cm³/mol. The van der Waals surface area contributed by atoms with Gasteiger partial charge in [0.15, 0.2) is 0 Å². The summed E-state index contributed by atoms with van der Waals surface area (Å²) in [4.78, 5) is 4.83. The van der Waals surface area contributed by atoms with E-state index in [0.717, 1.165) is 19.5 Å². The molecule has 2 unspecified atom stereocenters. The van der Waals surface area contributed by atoms with Crippen molar-refractivity contribution in [3.63, 3.8) is 0 Å². The van der Waals surface area contributed by atoms with Gasteiger partial charge in [-0.05, 0) is 70.1 Å². The number of aromatic hydroxyl groups is 1. The lowest BCUT2D eigenvalue weighted by Gasteiger charge is -2.40. The molecule has 0 saturated carbocycles. The fourth-order valence-electron chi connectivity index (χ4n) is 3.58. The number of aryl methyl sites for hydroxylation is 1. The van der Waals surface area contributed by atoms with Gasteiger partial charge in [-0.1, -0.05) is 13.0 Å². The third-order valence-corrected chi connectivity index (χ3v) is 4.37. The second-order valence-corrected chi connectivity index (χ2v) is 6.23. The number of fused-ring (bicyclic) bond motifs is 1. The predicted octanol–water partition coefficient (Wildman–Crippen LogP) is 3.04. The van der Waals surface area contributed by atoms with Crippen molar-refractivity contribution in [2.45, 2.75) is 45.2 Å². The van der Waals surface area contributed by atoms with E-state index in [4.69, 9.17) is 0 Å². The molecule has 0 aromatic heterocycles. The molecule has 1 aromatic rings. The topological polar surface area (TPSA) is 26.7 Å². The second kappa shape index (κ2) is 6.59. The van der Waals surface area contributed by atoms with Crippen LogP contribution in [0, 0.1) is 0 Å². The Hall–Kier alpha value is -1.06. The van der Waals surface area contributed by atoms with Gasteiger partial charge in [0.25, 0.3) is 0 Å². The summed E-state index contributed by atoms with van der Waals surface area (Å²) in [6, 6.07) is 6.87. The number of rotatable bonds is 5. The summed E-state index contributed by atoms with van der Waals surface area (Å²) in [5, 5.41) is 9.82. The molecular formula is C17H28N2O. The van der Waals surface area contributed by atoms with E-state index in [0.29, 0.717) is 17.8 Å². The zero-order valence-electron chi connectivity index (χ0n) is 13.3. The fraction of sp³-hybridized carbons (Fsp3) is 0.647. The normalized spacial score (nSPS) is 20.2. The first-order valence-electron chi connectivity index (χ1n) is 7.75. The van der Waals surface area contributed by atoms with Crippen molar-refractivity contribution >= 4 is 0 Å². The van der Waals surface area contributed by atoms with Gasteiger partial charge in [0, 0.05) is 18.6 Å². The molecule has 3 nitrogen and oxygen atoms in total. The smallest absolute Gasteiger partial charge is 0.115 e. The highest BCUT2D eigenvalue weighted by molar-refractivity contribution is 5.38. The van der Waals surface area contributed by atoms with Gasteiger partial charge in [-0.3, -0.25) is 4.90 Å². The Labute approximate surface area is 123 Å². The lowest BCUT2D eigenvalue weighted by Crippen LogP contribution is -2.43. The van der Waals surface area contributed by atoms with Crippen LogP contribution in [0.4, 0.5) is 0 Å². The van der Waals surface area contributed by atoms with Crippen molar-refractivity contribution in [2.75, 3.05) is 27.2 Å². The highest BCUT2D eigenvalue weighted by Crippen LogP contribution is 2.37. The molecule has 0 amide bonds. The number of phenolic OH excluding ortho intramolecular Hbond substituents is 1. The molecule has 1 aromatic carbocycles. The minimum atomic E-state index is 0.395. The quantitative estimate of drug-likeness (QED) is 0.895. The van der Waals surface area contributed by atoms with E-state index in [1.165, 1.54) is 24.0 Å². The first-order chi connectivity index (χ1) is 9.52. The van der Waals surface area contributed by atoms with Crippen molar-refractivity contribution in [1.29, 1.82) is 0 Å². The largest absolute Gasteiger partial charge is 0.508 e. The van der Waals surface area contributed by atoms with Gasteiger partial charge >= 0.3 is 0 Å². The van der Waals surface area contributed by atoms with Crippen LogP contribution >= 0.6 is 0 Å². The number of likely N-dealkylation sites (N-methyl/N-ethyl adjacent to an activating group) is 2. The Morgan fingerprint density at radius 3 is 2.75 bits per heavy atom. The summed E-state index contributed by atoms with van der Waals surface area (Å²) in [5.74, 6) is 0.395. The molecule has 0 fully saturated rings. The van der Waals surface area contributed by atoms with E-state index in [1.54, 1.807) is 0 Å². The molecule has 1 N–H and O–H groups in total. The first kappa shape index (κ1) is 15.3. The van der Waals surface area contributed by atoms with Crippen LogP contribution in [0.15, 0.2) is 18.2 Å². The molecule has 1 aliphatic rings. The molecule has 112 valence electrons. The van der Waals surface area contributed by atoms with E-state index in [-0.39, 0.29) is 0 Å². The van der Waals surface area contributed by atoms with Gasteiger partial charge < -0.3 is 10.0 Å². The zero-order chi connectivity index (χ0) is 14.7. The van der Waals surface area contributed by atoms with Crippen molar-refractivity contribution in [1.82, 2.24) is 9.80 Å². The lowest BCUT2D eigenvalue weighted by molar-refractivity contribution is 0.115. The van der Waals surface area contributed by atoms with Crippen LogP contribution in [0.25, 0.3) is 0 Å². The third kappa shape index (κ3) is 3.33. The van der Waals surface area contributed by atoms with Crippen LogP contribution in [0.1, 0.15) is 43.9 Å². The summed E-state index contributed by atoms with van der Waals surface area (Å²) < 4.78 is 0. The lowest BCUT2D eigenvalue weighted by atomic mass is 9.86. The maximum atomic E-state index is 9.82. The molecule has 0 saturated heterocycles. The molecule has 2 atom stereocenters. The van der Waals surface area contributed by atoms with E-state index in [1.807, 2.05) is 12.1 Å². The molecule has 20 heavy (non-hydrogen) atoms. The Morgan fingerprint density at radius 1 is 1.35 bits per heavy atom. The fourth-order valence-corrected chi connectivity index (χ4v) is 3.58. The maximum Gasteiger partial charge on any atom is 0.115 e. The summed E-state index contributed by atoms with van der Waals surface area (Å²) >= 11 is 0. The number of benzene rings is 1. The molecule has 3 heteroatoms. The average molecular weight is 276 g/mol. The van der Waals surface area contributed by atoms with Gasteiger partial charge in [0.1, 0.15) is 5.75 Å². The van der Waals surface area contributed by atoms with Crippen LogP contribution in [0.5, 0.6) is 5.75 Å². The summed E-state index contributed by atoms with van der Waals surface area (Å²) in [5.41, 5.74) is 2.75. The van der Waals surface area contributed by atoms with E-state index < -0.39 is 0 Å². The van der Waals surface area contributed by atoms with E-state index in [2.05, 4.69) is 43.8 Å². The Morgan fingerprint density at radius 2 is 2.10 bits per heavy atom. The molecule has 0 radical (unpaired) electrons. The van der Waals surface area contributed by atoms with Gasteiger partial charge in [-0.25, -0.2) is 0 Å². The van der Waals surface area contributed by atoms with Gasteiger partial charge in [0.2, 0.25) is 0 Å². The van der Waals surface area contributed by atoms with Crippen LogP contribution in [-0.4, -0.2) is 48.1 Å². The zero-order valence-corrected chi connectivity index (χ0v) is 13.3. The highest BCUT2D eigenvalue weighted by Gasteiger charge is 2.28. The Balaban J connectivity index is 2.25. The van der Waals surface area contributed by atoms with E-state index in [9.17, 15) is 5.11 Å². The van der Waals surface area contributed by atoms with Crippen molar-refractivity contribution in [2.24, 2.45) is 0 Å². The molecule has 2 rings (SSSR count). The van der Waals surface area contributed by atoms with Gasteiger partial charge in [-0.2, -0.15) is 0 Å². The maximum absolute atomic E-state index is 9.82. The van der Waals surface area contributed by atoms with Gasteiger partial charge in [0.05, 0.1) is 0 Å². The standard InChI is InChI=1S/C17H28N2O/c1-5-19(13(2)12-18(3)4)17-8-6-7-14-9-10-15(20)11-16(14)17/h9-11,13,17,20H,5-8,12H2,1-4H3. The number of phenols is 1. The summed E-state index contributed by atoms with van der Waals surface area (Å²) in [7, 11) is 4.26. The number of hydrogen-bond donors (Lipinski definition) is 1. The molecule has 0 spiro atoms. The molecule has 0 aliphatic heterocycles. The molecule has 0 heterocycles. The van der Waals surface area contributed by atoms with Crippen molar-refractivity contribution in [3.05, 3.63) is 29.3 Å². The summed E-state index contributed by atoms with van der Waals surface area (Å²) in [6.45, 7) is 6.66. The average Bonchev–Trinajstić information content (AvgIpc) is 2.39. The van der Waals surface area contributed by atoms with Gasteiger partial charge in [-0.15, -0.1) is 0 Å². The van der Waals surface area contributed by atoms with E-state index >= 15 is 0 Å². The molecule has 0 bridgehead atoms. The monoisotopic (exact) mass is 276 g/mol. The van der Waals surface area contributed by atoms with Crippen molar-refractivity contribution in [3.8, 4) is 5.75 Å². The minimum absolute atomic E-state index is 0.395. The second-order valence-electron chi connectivity index (χ2n) is 6.23. The summed E-state index contributed by atoms with van der Waals surface area (Å²) in [6.07, 6.45) is 3.58. The Kier molecular flexibility index (Phi) is 5.06.